The second-order valence-corrected chi connectivity index (χ2v) is 3.93. The summed E-state index contributed by atoms with van der Waals surface area (Å²) in [6.45, 7) is 0.641. The first-order valence-corrected chi connectivity index (χ1v) is 4.99. The number of hydrogen-bond donors (Lipinski definition) is 2. The lowest BCUT2D eigenvalue weighted by molar-refractivity contribution is 0.311. The Morgan fingerprint density at radius 2 is 2.25 bits per heavy atom. The fraction of sp³-hybridized carbons (Fsp3) is 0.250. The van der Waals surface area contributed by atoms with Crippen LogP contribution in [-0.2, 0) is 0 Å². The van der Waals surface area contributed by atoms with Crippen LogP contribution in [0.2, 0.25) is 5.02 Å². The molecule has 0 atom stereocenters. The van der Waals surface area contributed by atoms with Gasteiger partial charge in [-0.2, -0.15) is 0 Å². The first kappa shape index (κ1) is 10.1. The normalized spacial score (nSPS) is 9.92. The van der Waals surface area contributed by atoms with Crippen LogP contribution in [0.15, 0.2) is 18.2 Å². The minimum Gasteiger partial charge on any atom is -0.395 e. The maximum absolute atomic E-state index is 8.57. The maximum Gasteiger partial charge on any atom is 0.0648 e. The highest BCUT2D eigenvalue weighted by atomic mass is 127. The third-order valence-corrected chi connectivity index (χ3v) is 2.34. The van der Waals surface area contributed by atoms with Crippen molar-refractivity contribution in [2.45, 2.75) is 0 Å². The lowest BCUT2D eigenvalue weighted by atomic mass is 10.3. The van der Waals surface area contributed by atoms with Crippen molar-refractivity contribution in [3.05, 3.63) is 26.8 Å². The van der Waals surface area contributed by atoms with E-state index >= 15 is 0 Å². The highest BCUT2D eigenvalue weighted by Crippen LogP contribution is 2.23. The molecule has 0 aliphatic rings. The van der Waals surface area contributed by atoms with E-state index in [-0.39, 0.29) is 6.61 Å². The molecule has 2 nitrogen and oxygen atoms in total. The van der Waals surface area contributed by atoms with Crippen LogP contribution < -0.4 is 5.32 Å². The molecule has 0 amide bonds. The highest BCUT2D eigenvalue weighted by molar-refractivity contribution is 14.1. The van der Waals surface area contributed by atoms with Crippen molar-refractivity contribution in [3.63, 3.8) is 0 Å². The van der Waals surface area contributed by atoms with E-state index in [4.69, 9.17) is 16.7 Å². The zero-order chi connectivity index (χ0) is 8.97. The van der Waals surface area contributed by atoms with E-state index in [9.17, 15) is 0 Å². The molecule has 12 heavy (non-hydrogen) atoms. The van der Waals surface area contributed by atoms with E-state index in [1.807, 2.05) is 18.2 Å². The van der Waals surface area contributed by atoms with Crippen LogP contribution in [0.25, 0.3) is 0 Å². The van der Waals surface area contributed by atoms with Crippen molar-refractivity contribution in [2.24, 2.45) is 0 Å². The minimum atomic E-state index is 0.113. The summed E-state index contributed by atoms with van der Waals surface area (Å²) in [6.07, 6.45) is 0. The zero-order valence-electron chi connectivity index (χ0n) is 6.35. The number of nitrogens with one attached hydrogen (secondary N) is 1. The third kappa shape index (κ3) is 2.80. The van der Waals surface area contributed by atoms with Crippen LogP contribution in [-0.4, -0.2) is 18.3 Å². The van der Waals surface area contributed by atoms with Gasteiger partial charge in [-0.15, -0.1) is 0 Å². The van der Waals surface area contributed by atoms with Crippen molar-refractivity contribution >= 4 is 39.9 Å². The average Bonchev–Trinajstić information content (AvgIpc) is 2.03. The largest absolute Gasteiger partial charge is 0.395 e. The molecule has 0 saturated heterocycles. The zero-order valence-corrected chi connectivity index (χ0v) is 9.26. The van der Waals surface area contributed by atoms with Gasteiger partial charge in [-0.1, -0.05) is 11.6 Å². The van der Waals surface area contributed by atoms with Gasteiger partial charge in [0.2, 0.25) is 0 Å². The molecule has 66 valence electrons. The second-order valence-electron chi connectivity index (χ2n) is 2.27. The third-order valence-electron chi connectivity index (χ3n) is 1.36. The number of halogens is 2. The fourth-order valence-corrected chi connectivity index (χ4v) is 1.75. The Balaban J connectivity index is 2.72. The van der Waals surface area contributed by atoms with E-state index in [1.54, 1.807) is 0 Å². The molecule has 0 spiro atoms. The molecular formula is C8H9ClINO. The Labute approximate surface area is 90.1 Å². The number of rotatable bonds is 3. The molecule has 0 aromatic heterocycles. The SMILES string of the molecule is OCCNc1ccc(I)cc1Cl. The molecule has 0 aliphatic heterocycles. The summed E-state index contributed by atoms with van der Waals surface area (Å²) < 4.78 is 1.10. The van der Waals surface area contributed by atoms with Gasteiger partial charge in [0.1, 0.15) is 0 Å². The van der Waals surface area contributed by atoms with Crippen molar-refractivity contribution < 1.29 is 5.11 Å². The average molecular weight is 298 g/mol. The number of aliphatic hydroxyl groups excluding tert-OH is 1. The van der Waals surface area contributed by atoms with Crippen LogP contribution in [0.1, 0.15) is 0 Å². The molecular weight excluding hydrogens is 288 g/mol. The molecule has 0 bridgehead atoms. The molecule has 1 aromatic carbocycles. The summed E-state index contributed by atoms with van der Waals surface area (Å²) in [5.41, 5.74) is 0.867. The van der Waals surface area contributed by atoms with Crippen molar-refractivity contribution in [1.82, 2.24) is 0 Å². The van der Waals surface area contributed by atoms with E-state index in [0.717, 1.165) is 9.26 Å². The Kier molecular flexibility index (Phi) is 4.11. The van der Waals surface area contributed by atoms with Crippen molar-refractivity contribution in [2.75, 3.05) is 18.5 Å². The van der Waals surface area contributed by atoms with Gasteiger partial charge in [0, 0.05) is 10.1 Å². The van der Waals surface area contributed by atoms with Gasteiger partial charge >= 0.3 is 0 Å². The molecule has 0 aliphatic carbocycles. The maximum atomic E-state index is 8.57. The topological polar surface area (TPSA) is 32.3 Å². The molecule has 1 rings (SSSR count). The van der Waals surface area contributed by atoms with Gasteiger partial charge in [-0.25, -0.2) is 0 Å². The van der Waals surface area contributed by atoms with E-state index < -0.39 is 0 Å². The van der Waals surface area contributed by atoms with Crippen LogP contribution in [0.4, 0.5) is 5.69 Å². The predicted octanol–water partition coefficient (Wildman–Crippen LogP) is 2.35. The van der Waals surface area contributed by atoms with Gasteiger partial charge in [0.15, 0.2) is 0 Å². The van der Waals surface area contributed by atoms with Gasteiger partial charge in [0.05, 0.1) is 17.3 Å². The Morgan fingerprint density at radius 1 is 1.50 bits per heavy atom. The van der Waals surface area contributed by atoms with E-state index in [1.165, 1.54) is 0 Å². The van der Waals surface area contributed by atoms with Gasteiger partial charge in [0.25, 0.3) is 0 Å². The molecule has 0 unspecified atom stereocenters. The molecule has 1 aromatic rings. The number of anilines is 1. The summed E-state index contributed by atoms with van der Waals surface area (Å²) in [4.78, 5) is 0. The van der Waals surface area contributed by atoms with Crippen LogP contribution >= 0.6 is 34.2 Å². The Bertz CT molecular complexity index is 267. The standard InChI is InChI=1S/C8H9ClINO/c9-7-5-6(10)1-2-8(7)11-3-4-12/h1-2,5,11-12H,3-4H2. The molecule has 0 radical (unpaired) electrons. The lowest BCUT2D eigenvalue weighted by Crippen LogP contribution is -2.05. The van der Waals surface area contributed by atoms with Gasteiger partial charge in [-0.3, -0.25) is 0 Å². The first-order chi connectivity index (χ1) is 5.74. The smallest absolute Gasteiger partial charge is 0.0648 e. The van der Waals surface area contributed by atoms with Crippen LogP contribution in [0, 0.1) is 3.57 Å². The fourth-order valence-electron chi connectivity index (χ4n) is 0.823. The summed E-state index contributed by atoms with van der Waals surface area (Å²) >= 11 is 8.11. The van der Waals surface area contributed by atoms with Crippen molar-refractivity contribution in [1.29, 1.82) is 0 Å². The van der Waals surface area contributed by atoms with Crippen LogP contribution in [0.3, 0.4) is 0 Å². The molecule has 0 heterocycles. The quantitative estimate of drug-likeness (QED) is 0.840. The number of benzene rings is 1. The van der Waals surface area contributed by atoms with E-state index in [2.05, 4.69) is 27.9 Å². The summed E-state index contributed by atoms with van der Waals surface area (Å²) in [5, 5.41) is 12.3. The Morgan fingerprint density at radius 3 is 2.83 bits per heavy atom. The Hall–Kier alpha value is -0.0000000000000000555. The molecule has 0 fully saturated rings. The number of hydrogen-bond acceptors (Lipinski definition) is 2. The summed E-state index contributed by atoms with van der Waals surface area (Å²) in [7, 11) is 0. The second kappa shape index (κ2) is 4.89. The highest BCUT2D eigenvalue weighted by Gasteiger charge is 1.98. The van der Waals surface area contributed by atoms with Crippen LogP contribution in [0.5, 0.6) is 0 Å². The molecule has 0 saturated carbocycles. The molecule has 2 N–H and O–H groups in total. The van der Waals surface area contributed by atoms with Gasteiger partial charge < -0.3 is 10.4 Å². The number of aliphatic hydroxyl groups is 1. The van der Waals surface area contributed by atoms with E-state index in [0.29, 0.717) is 11.6 Å². The molecule has 4 heteroatoms. The lowest BCUT2D eigenvalue weighted by Gasteiger charge is -2.06. The van der Waals surface area contributed by atoms with Gasteiger partial charge in [-0.05, 0) is 40.8 Å². The summed E-state index contributed by atoms with van der Waals surface area (Å²) in [6, 6.07) is 5.74. The monoisotopic (exact) mass is 297 g/mol. The minimum absolute atomic E-state index is 0.113. The summed E-state index contributed by atoms with van der Waals surface area (Å²) in [5.74, 6) is 0. The first-order valence-electron chi connectivity index (χ1n) is 3.54. The van der Waals surface area contributed by atoms with Crippen molar-refractivity contribution in [3.8, 4) is 0 Å². The predicted molar refractivity (Wildman–Crippen MR) is 59.7 cm³/mol.